The van der Waals surface area contributed by atoms with Crippen LogP contribution in [0.3, 0.4) is 0 Å². The highest BCUT2D eigenvalue weighted by Crippen LogP contribution is 2.16. The van der Waals surface area contributed by atoms with Gasteiger partial charge in [0.2, 0.25) is 0 Å². The first-order valence-corrected chi connectivity index (χ1v) is 5.87. The molecular weight excluding hydrogens is 206 g/mol. The first kappa shape index (κ1) is 10.7. The summed E-state index contributed by atoms with van der Waals surface area (Å²) in [6, 6.07) is 7.98. The van der Waals surface area contributed by atoms with E-state index in [-0.39, 0.29) is 0 Å². The minimum atomic E-state index is 0.738. The monoisotopic (exact) mass is 221 g/mol. The van der Waals surface area contributed by atoms with E-state index in [4.69, 9.17) is 11.6 Å². The van der Waals surface area contributed by atoms with Gasteiger partial charge in [-0.1, -0.05) is 35.9 Å². The van der Waals surface area contributed by atoms with Crippen molar-refractivity contribution in [3.05, 3.63) is 40.9 Å². The van der Waals surface area contributed by atoms with E-state index in [0.717, 1.165) is 24.0 Å². The molecule has 0 saturated carbocycles. The van der Waals surface area contributed by atoms with Gasteiger partial charge >= 0.3 is 0 Å². The van der Waals surface area contributed by atoms with Gasteiger partial charge in [-0.15, -0.1) is 0 Å². The van der Waals surface area contributed by atoms with E-state index >= 15 is 0 Å². The molecule has 1 aromatic carbocycles. The molecule has 1 aliphatic rings. The van der Waals surface area contributed by atoms with Crippen molar-refractivity contribution in [3.8, 4) is 0 Å². The van der Waals surface area contributed by atoms with Crippen LogP contribution in [-0.4, -0.2) is 13.1 Å². The molecule has 0 aliphatic carbocycles. The Kier molecular flexibility index (Phi) is 3.81. The smallest absolute Gasteiger partial charge is 0.0406 e. The summed E-state index contributed by atoms with van der Waals surface area (Å²) in [5, 5.41) is 4.17. The maximum absolute atomic E-state index is 5.83. The highest BCUT2D eigenvalue weighted by atomic mass is 35.5. The lowest BCUT2D eigenvalue weighted by Crippen LogP contribution is -2.26. The number of allylic oxidation sites excluding steroid dienone is 1. The average Bonchev–Trinajstić information content (AvgIpc) is 2.30. The summed E-state index contributed by atoms with van der Waals surface area (Å²) >= 11 is 5.83. The van der Waals surface area contributed by atoms with Crippen LogP contribution in [-0.2, 0) is 0 Å². The molecule has 80 valence electrons. The van der Waals surface area contributed by atoms with Crippen LogP contribution >= 0.6 is 11.6 Å². The van der Waals surface area contributed by atoms with Gasteiger partial charge in [0.15, 0.2) is 0 Å². The molecule has 0 unspecified atom stereocenters. The quantitative estimate of drug-likeness (QED) is 0.808. The van der Waals surface area contributed by atoms with Crippen LogP contribution < -0.4 is 5.32 Å². The van der Waals surface area contributed by atoms with Crippen LogP contribution in [0.25, 0.3) is 6.08 Å². The number of halogens is 1. The van der Waals surface area contributed by atoms with E-state index in [1.807, 2.05) is 12.1 Å². The third-order valence-corrected chi connectivity index (χ3v) is 3.07. The van der Waals surface area contributed by atoms with Crippen molar-refractivity contribution in [1.29, 1.82) is 0 Å². The predicted octanol–water partition coefficient (Wildman–Crippen LogP) is 3.35. The summed E-state index contributed by atoms with van der Waals surface area (Å²) in [7, 11) is 0. The largest absolute Gasteiger partial charge is 0.317 e. The van der Waals surface area contributed by atoms with Crippen molar-refractivity contribution in [2.24, 2.45) is 5.92 Å². The number of piperidine rings is 1. The zero-order valence-electron chi connectivity index (χ0n) is 8.75. The molecule has 1 aliphatic heterocycles. The molecule has 0 atom stereocenters. The van der Waals surface area contributed by atoms with Gasteiger partial charge in [0.1, 0.15) is 0 Å². The van der Waals surface area contributed by atoms with Crippen LogP contribution in [0.1, 0.15) is 18.4 Å². The Morgan fingerprint density at radius 1 is 1.13 bits per heavy atom. The van der Waals surface area contributed by atoms with Crippen LogP contribution in [0.2, 0.25) is 5.02 Å². The van der Waals surface area contributed by atoms with Gasteiger partial charge in [-0.05, 0) is 49.5 Å². The van der Waals surface area contributed by atoms with Crippen molar-refractivity contribution in [1.82, 2.24) is 5.32 Å². The Balaban J connectivity index is 1.95. The van der Waals surface area contributed by atoms with E-state index in [2.05, 4.69) is 29.6 Å². The van der Waals surface area contributed by atoms with E-state index in [1.165, 1.54) is 18.4 Å². The topological polar surface area (TPSA) is 12.0 Å². The summed E-state index contributed by atoms with van der Waals surface area (Å²) < 4.78 is 0. The molecule has 1 saturated heterocycles. The SMILES string of the molecule is Clc1ccc(/C=C/C2CCNCC2)cc1. The van der Waals surface area contributed by atoms with Crippen molar-refractivity contribution in [2.45, 2.75) is 12.8 Å². The Bertz CT molecular complexity index is 323. The van der Waals surface area contributed by atoms with E-state index in [0.29, 0.717) is 0 Å². The molecule has 0 radical (unpaired) electrons. The third-order valence-electron chi connectivity index (χ3n) is 2.81. The van der Waals surface area contributed by atoms with Crippen LogP contribution in [0.5, 0.6) is 0 Å². The Labute approximate surface area is 96.1 Å². The molecule has 1 N–H and O–H groups in total. The third kappa shape index (κ3) is 3.37. The maximum atomic E-state index is 5.83. The van der Waals surface area contributed by atoms with Gasteiger partial charge in [0, 0.05) is 5.02 Å². The fourth-order valence-corrected chi connectivity index (χ4v) is 1.98. The Morgan fingerprint density at radius 2 is 1.80 bits per heavy atom. The molecule has 15 heavy (non-hydrogen) atoms. The molecule has 2 heteroatoms. The average molecular weight is 222 g/mol. The zero-order chi connectivity index (χ0) is 10.5. The van der Waals surface area contributed by atoms with Gasteiger partial charge in [0.25, 0.3) is 0 Å². The second kappa shape index (κ2) is 5.34. The summed E-state index contributed by atoms with van der Waals surface area (Å²) in [6.07, 6.45) is 7.03. The van der Waals surface area contributed by atoms with Crippen LogP contribution in [0, 0.1) is 5.92 Å². The Morgan fingerprint density at radius 3 is 2.47 bits per heavy atom. The summed E-state index contributed by atoms with van der Waals surface area (Å²) in [4.78, 5) is 0. The van der Waals surface area contributed by atoms with E-state index < -0.39 is 0 Å². The van der Waals surface area contributed by atoms with Gasteiger partial charge in [-0.2, -0.15) is 0 Å². The van der Waals surface area contributed by atoms with Gasteiger partial charge < -0.3 is 5.32 Å². The van der Waals surface area contributed by atoms with Crippen molar-refractivity contribution in [2.75, 3.05) is 13.1 Å². The number of rotatable bonds is 2. The van der Waals surface area contributed by atoms with E-state index in [9.17, 15) is 0 Å². The minimum Gasteiger partial charge on any atom is -0.317 e. The predicted molar refractivity (Wildman–Crippen MR) is 66.1 cm³/mol. The van der Waals surface area contributed by atoms with E-state index in [1.54, 1.807) is 0 Å². The standard InChI is InChI=1S/C13H16ClN/c14-13-5-3-11(4-6-13)1-2-12-7-9-15-10-8-12/h1-6,12,15H,7-10H2/b2-1+. The second-order valence-electron chi connectivity index (χ2n) is 4.00. The molecule has 0 bridgehead atoms. The molecule has 1 aromatic rings. The second-order valence-corrected chi connectivity index (χ2v) is 4.43. The first-order valence-electron chi connectivity index (χ1n) is 5.49. The highest BCUT2D eigenvalue weighted by molar-refractivity contribution is 6.30. The number of hydrogen-bond donors (Lipinski definition) is 1. The maximum Gasteiger partial charge on any atom is 0.0406 e. The van der Waals surface area contributed by atoms with Crippen molar-refractivity contribution in [3.63, 3.8) is 0 Å². The van der Waals surface area contributed by atoms with Crippen LogP contribution in [0.15, 0.2) is 30.3 Å². The Hall–Kier alpha value is -0.790. The summed E-state index contributed by atoms with van der Waals surface area (Å²) in [5.74, 6) is 0.738. The molecule has 0 aromatic heterocycles. The van der Waals surface area contributed by atoms with Crippen molar-refractivity contribution >= 4 is 17.7 Å². The normalized spacial score (nSPS) is 18.5. The number of nitrogens with one attached hydrogen (secondary N) is 1. The zero-order valence-corrected chi connectivity index (χ0v) is 9.50. The number of benzene rings is 1. The minimum absolute atomic E-state index is 0.738. The molecule has 0 amide bonds. The fraction of sp³-hybridized carbons (Fsp3) is 0.385. The lowest BCUT2D eigenvalue weighted by Gasteiger charge is -2.19. The summed E-state index contributed by atoms with van der Waals surface area (Å²) in [5.41, 5.74) is 1.23. The lowest BCUT2D eigenvalue weighted by atomic mass is 9.97. The van der Waals surface area contributed by atoms with Crippen molar-refractivity contribution < 1.29 is 0 Å². The molecular formula is C13H16ClN. The summed E-state index contributed by atoms with van der Waals surface area (Å²) in [6.45, 7) is 2.30. The fourth-order valence-electron chi connectivity index (χ4n) is 1.86. The lowest BCUT2D eigenvalue weighted by molar-refractivity contribution is 0.438. The first-order chi connectivity index (χ1) is 7.34. The van der Waals surface area contributed by atoms with Crippen LogP contribution in [0.4, 0.5) is 0 Å². The van der Waals surface area contributed by atoms with Gasteiger partial charge in [-0.25, -0.2) is 0 Å². The molecule has 2 rings (SSSR count). The molecule has 1 fully saturated rings. The highest BCUT2D eigenvalue weighted by Gasteiger charge is 2.08. The molecule has 1 nitrogen and oxygen atoms in total. The van der Waals surface area contributed by atoms with Gasteiger partial charge in [0.05, 0.1) is 0 Å². The van der Waals surface area contributed by atoms with Gasteiger partial charge in [-0.3, -0.25) is 0 Å². The number of hydrogen-bond acceptors (Lipinski definition) is 1. The molecule has 1 heterocycles. The molecule has 0 spiro atoms.